The molecule has 1 atom stereocenters. The van der Waals surface area contributed by atoms with Crippen molar-refractivity contribution < 1.29 is 18.3 Å². The molecule has 7 heteroatoms. The van der Waals surface area contributed by atoms with Gasteiger partial charge in [-0.05, 0) is 42.8 Å². The van der Waals surface area contributed by atoms with Crippen molar-refractivity contribution in [1.82, 2.24) is 5.32 Å². The molecular weight excluding hydrogens is 338 g/mol. The molecule has 0 saturated heterocycles. The highest BCUT2D eigenvalue weighted by molar-refractivity contribution is 6.32. The number of nitrogens with one attached hydrogen (secondary N) is 2. The number of methoxy groups -OCH3 is 1. The lowest BCUT2D eigenvalue weighted by atomic mass is 10.1. The van der Waals surface area contributed by atoms with Gasteiger partial charge in [-0.3, -0.25) is 4.79 Å². The first kappa shape index (κ1) is 18.2. The van der Waals surface area contributed by atoms with E-state index >= 15 is 0 Å². The summed E-state index contributed by atoms with van der Waals surface area (Å²) in [6.07, 6.45) is 0. The molecule has 0 aliphatic carbocycles. The molecule has 2 aromatic carbocycles. The Morgan fingerprint density at radius 2 is 1.96 bits per heavy atom. The molecule has 0 aliphatic rings. The van der Waals surface area contributed by atoms with E-state index in [4.69, 9.17) is 16.3 Å². The van der Waals surface area contributed by atoms with Crippen LogP contribution in [-0.4, -0.2) is 19.6 Å². The van der Waals surface area contributed by atoms with Crippen LogP contribution in [0.5, 0.6) is 5.75 Å². The summed E-state index contributed by atoms with van der Waals surface area (Å²) in [5.74, 6) is -1.59. The van der Waals surface area contributed by atoms with E-state index < -0.39 is 11.6 Å². The molecule has 0 unspecified atom stereocenters. The molecule has 2 aromatic rings. The summed E-state index contributed by atoms with van der Waals surface area (Å²) in [6, 6.07) is 8.21. The Morgan fingerprint density at radius 1 is 1.21 bits per heavy atom. The van der Waals surface area contributed by atoms with E-state index in [2.05, 4.69) is 10.6 Å². The predicted molar refractivity (Wildman–Crippen MR) is 89.4 cm³/mol. The first-order valence-electron chi connectivity index (χ1n) is 7.22. The average molecular weight is 355 g/mol. The lowest BCUT2D eigenvalue weighted by Crippen LogP contribution is -2.30. The number of ether oxygens (including phenoxy) is 1. The Balaban J connectivity index is 1.90. The van der Waals surface area contributed by atoms with Crippen LogP contribution in [0, 0.1) is 11.6 Å². The zero-order valence-electron chi connectivity index (χ0n) is 13.2. The number of carbonyl (C=O) groups excluding carboxylic acids is 1. The molecule has 4 nitrogen and oxygen atoms in total. The van der Waals surface area contributed by atoms with Crippen LogP contribution in [0.1, 0.15) is 18.5 Å². The molecule has 0 heterocycles. The van der Waals surface area contributed by atoms with Crippen LogP contribution >= 0.6 is 11.6 Å². The van der Waals surface area contributed by atoms with E-state index in [1.807, 2.05) is 0 Å². The Kier molecular flexibility index (Phi) is 6.11. The van der Waals surface area contributed by atoms with Crippen LogP contribution in [0.2, 0.25) is 5.02 Å². The number of hydrogen-bond acceptors (Lipinski definition) is 3. The van der Waals surface area contributed by atoms with Crippen LogP contribution in [0.4, 0.5) is 14.5 Å². The fraction of sp³-hybridized carbons (Fsp3) is 0.235. The Bertz CT molecular complexity index is 741. The topological polar surface area (TPSA) is 50.4 Å². The maximum absolute atomic E-state index is 13.2. The monoisotopic (exact) mass is 354 g/mol. The number of benzene rings is 2. The van der Waals surface area contributed by atoms with Crippen molar-refractivity contribution in [1.29, 1.82) is 0 Å². The zero-order valence-corrected chi connectivity index (χ0v) is 14.0. The summed E-state index contributed by atoms with van der Waals surface area (Å²) >= 11 is 5.99. The summed E-state index contributed by atoms with van der Waals surface area (Å²) in [5.41, 5.74) is 1.09. The van der Waals surface area contributed by atoms with Crippen molar-refractivity contribution in [2.45, 2.75) is 13.0 Å². The zero-order chi connectivity index (χ0) is 17.7. The van der Waals surface area contributed by atoms with Crippen LogP contribution in [-0.2, 0) is 4.79 Å². The third-order valence-electron chi connectivity index (χ3n) is 3.45. The number of rotatable bonds is 6. The molecule has 0 radical (unpaired) electrons. The van der Waals surface area contributed by atoms with Crippen molar-refractivity contribution in [2.24, 2.45) is 0 Å². The van der Waals surface area contributed by atoms with Crippen molar-refractivity contribution in [3.8, 4) is 5.75 Å². The van der Waals surface area contributed by atoms with Gasteiger partial charge in [0.15, 0.2) is 11.6 Å². The first-order valence-corrected chi connectivity index (χ1v) is 7.60. The van der Waals surface area contributed by atoms with Gasteiger partial charge < -0.3 is 15.4 Å². The number of hydrogen-bond donors (Lipinski definition) is 2. The average Bonchev–Trinajstić information content (AvgIpc) is 2.55. The molecule has 2 N–H and O–H groups in total. The molecule has 1 amide bonds. The Labute approximate surface area is 143 Å². The van der Waals surface area contributed by atoms with E-state index in [-0.39, 0.29) is 18.5 Å². The van der Waals surface area contributed by atoms with Gasteiger partial charge in [-0.15, -0.1) is 0 Å². The van der Waals surface area contributed by atoms with Gasteiger partial charge in [0.2, 0.25) is 5.91 Å². The van der Waals surface area contributed by atoms with Crippen LogP contribution < -0.4 is 15.4 Å². The molecule has 0 aliphatic heterocycles. The molecule has 2 rings (SSSR count). The van der Waals surface area contributed by atoms with Crippen molar-refractivity contribution >= 4 is 23.2 Å². The molecule has 24 heavy (non-hydrogen) atoms. The summed E-state index contributed by atoms with van der Waals surface area (Å²) in [7, 11) is 1.50. The SMILES string of the molecule is COc1ccc(NC(=O)CN[C@@H](C)c2ccc(F)c(F)c2)cc1Cl. The third-order valence-corrected chi connectivity index (χ3v) is 3.74. The lowest BCUT2D eigenvalue weighted by Gasteiger charge is -2.14. The van der Waals surface area contributed by atoms with Crippen LogP contribution in [0.3, 0.4) is 0 Å². The summed E-state index contributed by atoms with van der Waals surface area (Å²) in [4.78, 5) is 12.0. The maximum atomic E-state index is 13.2. The fourth-order valence-corrected chi connectivity index (χ4v) is 2.35. The molecule has 0 saturated carbocycles. The second-order valence-electron chi connectivity index (χ2n) is 5.17. The summed E-state index contributed by atoms with van der Waals surface area (Å²) in [6.45, 7) is 1.76. The molecule has 0 spiro atoms. The van der Waals surface area contributed by atoms with Crippen LogP contribution in [0.25, 0.3) is 0 Å². The van der Waals surface area contributed by atoms with E-state index in [1.165, 1.54) is 13.2 Å². The van der Waals surface area contributed by atoms with Gasteiger partial charge in [-0.1, -0.05) is 17.7 Å². The highest BCUT2D eigenvalue weighted by Crippen LogP contribution is 2.27. The number of carbonyl (C=O) groups is 1. The maximum Gasteiger partial charge on any atom is 0.238 e. The highest BCUT2D eigenvalue weighted by Gasteiger charge is 2.11. The standard InChI is InChI=1S/C17H17ClF2N2O2/c1-10(11-3-5-14(19)15(20)7-11)21-9-17(23)22-12-4-6-16(24-2)13(18)8-12/h3-8,10,21H,9H2,1-2H3,(H,22,23)/t10-/m0/s1. The molecular formula is C17H17ClF2N2O2. The minimum atomic E-state index is -0.918. The van der Waals surface area contributed by atoms with Crippen molar-refractivity contribution in [3.05, 3.63) is 58.6 Å². The van der Waals surface area contributed by atoms with Gasteiger partial charge in [0.25, 0.3) is 0 Å². The minimum Gasteiger partial charge on any atom is -0.495 e. The largest absolute Gasteiger partial charge is 0.495 e. The molecule has 128 valence electrons. The number of halogens is 3. The van der Waals surface area contributed by atoms with Gasteiger partial charge in [-0.25, -0.2) is 8.78 Å². The number of amides is 1. The Morgan fingerprint density at radius 3 is 2.58 bits per heavy atom. The smallest absolute Gasteiger partial charge is 0.238 e. The summed E-state index contributed by atoms with van der Waals surface area (Å²) < 4.78 is 31.2. The second kappa shape index (κ2) is 8.08. The van der Waals surface area contributed by atoms with Gasteiger partial charge in [0.1, 0.15) is 5.75 Å². The van der Waals surface area contributed by atoms with Crippen molar-refractivity contribution in [2.75, 3.05) is 19.0 Å². The third kappa shape index (κ3) is 4.66. The fourth-order valence-electron chi connectivity index (χ4n) is 2.09. The minimum absolute atomic E-state index is 0.00378. The number of anilines is 1. The first-order chi connectivity index (χ1) is 11.4. The van der Waals surface area contributed by atoms with E-state index in [9.17, 15) is 13.6 Å². The predicted octanol–water partition coefficient (Wildman–Crippen LogP) is 3.92. The second-order valence-corrected chi connectivity index (χ2v) is 5.58. The van der Waals surface area contributed by atoms with Crippen molar-refractivity contribution in [3.63, 3.8) is 0 Å². The summed E-state index contributed by atoms with van der Waals surface area (Å²) in [5, 5.41) is 6.02. The van der Waals surface area contributed by atoms with Crippen LogP contribution in [0.15, 0.2) is 36.4 Å². The molecule has 0 aromatic heterocycles. The van der Waals surface area contributed by atoms with E-state index in [0.29, 0.717) is 22.0 Å². The van der Waals surface area contributed by atoms with Gasteiger partial charge in [0, 0.05) is 11.7 Å². The highest BCUT2D eigenvalue weighted by atomic mass is 35.5. The normalized spacial score (nSPS) is 11.9. The van der Waals surface area contributed by atoms with E-state index in [0.717, 1.165) is 12.1 Å². The van der Waals surface area contributed by atoms with Gasteiger partial charge in [0.05, 0.1) is 18.7 Å². The Hall–Kier alpha value is -2.18. The van der Waals surface area contributed by atoms with Gasteiger partial charge >= 0.3 is 0 Å². The molecule has 0 bridgehead atoms. The quantitative estimate of drug-likeness (QED) is 0.826. The van der Waals surface area contributed by atoms with Gasteiger partial charge in [-0.2, -0.15) is 0 Å². The van der Waals surface area contributed by atoms with E-state index in [1.54, 1.807) is 25.1 Å². The lowest BCUT2D eigenvalue weighted by molar-refractivity contribution is -0.115. The molecule has 0 fully saturated rings.